The van der Waals surface area contributed by atoms with Gasteiger partial charge >= 0.3 is 5.76 Å². The van der Waals surface area contributed by atoms with Crippen LogP contribution in [-0.4, -0.2) is 17.3 Å². The van der Waals surface area contributed by atoms with Crippen LogP contribution in [0.5, 0.6) is 5.75 Å². The van der Waals surface area contributed by atoms with Crippen molar-refractivity contribution in [3.63, 3.8) is 0 Å². The molecule has 0 radical (unpaired) electrons. The van der Waals surface area contributed by atoms with E-state index in [4.69, 9.17) is 9.15 Å². The summed E-state index contributed by atoms with van der Waals surface area (Å²) < 4.78 is 9.74. The lowest BCUT2D eigenvalue weighted by Crippen LogP contribution is -1.93. The Morgan fingerprint density at radius 2 is 2.54 bits per heavy atom. The van der Waals surface area contributed by atoms with Gasteiger partial charge in [0.2, 0.25) is 0 Å². The predicted molar refractivity (Wildman–Crippen MR) is 47.0 cm³/mol. The third-order valence-electron chi connectivity index (χ3n) is 1.46. The number of ether oxygens (including phenoxy) is 1. The number of H-pyrrole nitrogens is 1. The lowest BCUT2D eigenvalue weighted by molar-refractivity contribution is 0.416. The second-order valence-corrected chi connectivity index (χ2v) is 3.18. The highest BCUT2D eigenvalue weighted by molar-refractivity contribution is 7.13. The average molecular weight is 198 g/mol. The molecule has 2 rings (SSSR count). The molecule has 0 saturated heterocycles. The zero-order valence-corrected chi connectivity index (χ0v) is 7.55. The molecule has 0 aliphatic rings. The zero-order chi connectivity index (χ0) is 9.26. The Bertz CT molecular complexity index is 456. The molecule has 0 unspecified atom stereocenters. The number of aromatic amines is 1. The molecule has 5 nitrogen and oxygen atoms in total. The first-order valence-corrected chi connectivity index (χ1v) is 4.36. The highest BCUT2D eigenvalue weighted by Crippen LogP contribution is 2.28. The number of rotatable bonds is 2. The van der Waals surface area contributed by atoms with Crippen LogP contribution in [0.1, 0.15) is 0 Å². The normalized spacial score (nSPS) is 10.2. The van der Waals surface area contributed by atoms with Crippen molar-refractivity contribution < 1.29 is 9.15 Å². The summed E-state index contributed by atoms with van der Waals surface area (Å²) in [6.07, 6.45) is 0. The summed E-state index contributed by atoms with van der Waals surface area (Å²) in [6, 6.07) is 1.75. The van der Waals surface area contributed by atoms with Crippen molar-refractivity contribution in [3.8, 4) is 16.5 Å². The van der Waals surface area contributed by atoms with Gasteiger partial charge in [-0.05, 0) is 0 Å². The van der Waals surface area contributed by atoms with E-state index in [2.05, 4.69) is 10.2 Å². The topological polar surface area (TPSA) is 68.1 Å². The predicted octanol–water partition coefficient (Wildman–Crippen LogP) is 1.10. The van der Waals surface area contributed by atoms with E-state index in [1.807, 2.05) is 5.38 Å². The number of nitrogens with one attached hydrogen (secondary N) is 1. The third kappa shape index (κ3) is 1.48. The quantitative estimate of drug-likeness (QED) is 0.784. The van der Waals surface area contributed by atoms with Crippen LogP contribution in [0.25, 0.3) is 10.8 Å². The van der Waals surface area contributed by atoms with Gasteiger partial charge in [-0.15, -0.1) is 16.4 Å². The van der Waals surface area contributed by atoms with Crippen molar-refractivity contribution in [1.82, 2.24) is 10.2 Å². The molecule has 68 valence electrons. The van der Waals surface area contributed by atoms with Gasteiger partial charge in [0.25, 0.3) is 5.89 Å². The molecule has 0 fully saturated rings. The minimum absolute atomic E-state index is 0.290. The average Bonchev–Trinajstić information content (AvgIpc) is 2.71. The molecule has 0 atom stereocenters. The van der Waals surface area contributed by atoms with Crippen LogP contribution in [0, 0.1) is 0 Å². The third-order valence-corrected chi connectivity index (χ3v) is 2.36. The van der Waals surface area contributed by atoms with Crippen LogP contribution >= 0.6 is 11.3 Å². The first-order chi connectivity index (χ1) is 6.29. The number of aromatic nitrogens is 2. The molecular formula is C7H6N2O3S. The van der Waals surface area contributed by atoms with Crippen molar-refractivity contribution in [2.75, 3.05) is 7.11 Å². The highest BCUT2D eigenvalue weighted by atomic mass is 32.1. The molecule has 2 aromatic heterocycles. The van der Waals surface area contributed by atoms with Crippen LogP contribution < -0.4 is 10.5 Å². The van der Waals surface area contributed by atoms with Gasteiger partial charge in [-0.25, -0.2) is 9.89 Å². The highest BCUT2D eigenvalue weighted by Gasteiger charge is 2.08. The maximum absolute atomic E-state index is 10.6. The van der Waals surface area contributed by atoms with Crippen molar-refractivity contribution in [2.45, 2.75) is 0 Å². The Kier molecular flexibility index (Phi) is 1.90. The fourth-order valence-electron chi connectivity index (χ4n) is 0.873. The number of thiophene rings is 1. The van der Waals surface area contributed by atoms with E-state index in [1.54, 1.807) is 13.2 Å². The summed E-state index contributed by atoms with van der Waals surface area (Å²) in [5.74, 6) is 0.464. The van der Waals surface area contributed by atoms with E-state index < -0.39 is 5.76 Å². The van der Waals surface area contributed by atoms with Crippen LogP contribution in [-0.2, 0) is 0 Å². The first-order valence-electron chi connectivity index (χ1n) is 3.48. The number of hydrogen-bond donors (Lipinski definition) is 1. The minimum atomic E-state index is -0.553. The molecule has 13 heavy (non-hydrogen) atoms. The molecular weight excluding hydrogens is 192 g/mol. The van der Waals surface area contributed by atoms with E-state index >= 15 is 0 Å². The molecule has 1 N–H and O–H groups in total. The molecule has 2 heterocycles. The van der Waals surface area contributed by atoms with Crippen molar-refractivity contribution in [1.29, 1.82) is 0 Å². The Morgan fingerprint density at radius 1 is 1.69 bits per heavy atom. The van der Waals surface area contributed by atoms with Gasteiger partial charge in [0, 0.05) is 11.4 Å². The molecule has 0 bridgehead atoms. The Labute approximate surface area is 77.0 Å². The number of methoxy groups -OCH3 is 1. The van der Waals surface area contributed by atoms with Crippen LogP contribution in [0.3, 0.4) is 0 Å². The maximum atomic E-state index is 10.6. The summed E-state index contributed by atoms with van der Waals surface area (Å²) in [4.78, 5) is 11.4. The summed E-state index contributed by atoms with van der Waals surface area (Å²) in [5, 5.41) is 7.68. The van der Waals surface area contributed by atoms with Gasteiger partial charge in [-0.1, -0.05) is 0 Å². The van der Waals surface area contributed by atoms with Gasteiger partial charge in [-0.3, -0.25) is 0 Å². The minimum Gasteiger partial charge on any atom is -0.496 e. The lowest BCUT2D eigenvalue weighted by atomic mass is 10.4. The van der Waals surface area contributed by atoms with Crippen molar-refractivity contribution in [3.05, 3.63) is 22.0 Å². The molecule has 0 spiro atoms. The smallest absolute Gasteiger partial charge is 0.434 e. The maximum Gasteiger partial charge on any atom is 0.434 e. The Balaban J connectivity index is 2.40. The van der Waals surface area contributed by atoms with E-state index in [1.165, 1.54) is 11.3 Å². The summed E-state index contributed by atoms with van der Waals surface area (Å²) in [6.45, 7) is 0. The van der Waals surface area contributed by atoms with Crippen molar-refractivity contribution in [2.24, 2.45) is 0 Å². The van der Waals surface area contributed by atoms with E-state index in [0.717, 1.165) is 10.6 Å². The molecule has 2 aromatic rings. The fourth-order valence-corrected chi connectivity index (χ4v) is 1.65. The Morgan fingerprint density at radius 3 is 3.08 bits per heavy atom. The number of nitrogens with zero attached hydrogens (tertiary/aromatic N) is 1. The standard InChI is InChI=1S/C7H6N2O3S/c1-11-4-2-5(13-3-4)6-8-9-7(10)12-6/h2-3H,1H3,(H,9,10). The number of hydrogen-bond acceptors (Lipinski definition) is 5. The summed E-state index contributed by atoms with van der Waals surface area (Å²) in [5.41, 5.74) is 0. The van der Waals surface area contributed by atoms with Crippen LogP contribution in [0.4, 0.5) is 0 Å². The molecule has 0 aromatic carbocycles. The van der Waals surface area contributed by atoms with E-state index in [9.17, 15) is 4.79 Å². The SMILES string of the molecule is COc1csc(-c2n[nH]c(=O)o2)c1. The van der Waals surface area contributed by atoms with Crippen LogP contribution in [0.2, 0.25) is 0 Å². The Hall–Kier alpha value is -1.56. The zero-order valence-electron chi connectivity index (χ0n) is 6.73. The molecule has 0 saturated carbocycles. The monoisotopic (exact) mass is 198 g/mol. The second-order valence-electron chi connectivity index (χ2n) is 2.27. The van der Waals surface area contributed by atoms with Gasteiger partial charge < -0.3 is 9.15 Å². The second kappa shape index (κ2) is 3.06. The van der Waals surface area contributed by atoms with Gasteiger partial charge in [0.1, 0.15) is 5.75 Å². The summed E-state index contributed by atoms with van der Waals surface area (Å²) >= 11 is 1.40. The lowest BCUT2D eigenvalue weighted by Gasteiger charge is -1.88. The van der Waals surface area contributed by atoms with Crippen molar-refractivity contribution >= 4 is 11.3 Å². The largest absolute Gasteiger partial charge is 0.496 e. The molecule has 0 amide bonds. The van der Waals surface area contributed by atoms with Gasteiger partial charge in [-0.2, -0.15) is 0 Å². The van der Waals surface area contributed by atoms with Crippen LogP contribution in [0.15, 0.2) is 20.7 Å². The first kappa shape index (κ1) is 8.06. The molecule has 0 aliphatic heterocycles. The fraction of sp³-hybridized carbons (Fsp3) is 0.143. The van der Waals surface area contributed by atoms with Gasteiger partial charge in [0.15, 0.2) is 0 Å². The van der Waals surface area contributed by atoms with E-state index in [0.29, 0.717) is 5.89 Å². The summed E-state index contributed by atoms with van der Waals surface area (Å²) in [7, 11) is 1.58. The van der Waals surface area contributed by atoms with Gasteiger partial charge in [0.05, 0.1) is 12.0 Å². The molecule has 0 aliphatic carbocycles. The molecule has 6 heteroatoms. The van der Waals surface area contributed by atoms with E-state index in [-0.39, 0.29) is 0 Å².